The van der Waals surface area contributed by atoms with Gasteiger partial charge in [0.2, 0.25) is 15.9 Å². The molecule has 0 radical (unpaired) electrons. The average molecular weight is 409 g/mol. The zero-order chi connectivity index (χ0) is 20.5. The molecule has 1 atom stereocenters. The van der Waals surface area contributed by atoms with E-state index >= 15 is 0 Å². The van der Waals surface area contributed by atoms with Crippen LogP contribution >= 0.6 is 11.6 Å². The molecule has 7 heteroatoms. The standard InChI is InChI=1S/C20H25ClN2O3S/c1-12-9-14(3)19(15(4)10-12)22-20(24)16(5)23(27(6,25)26)17-8-7-13(2)18(21)11-17/h7-11,16H,1-6H3,(H,22,24). The normalized spacial score (nSPS) is 12.6. The molecule has 27 heavy (non-hydrogen) atoms. The summed E-state index contributed by atoms with van der Waals surface area (Å²) in [7, 11) is -3.70. The van der Waals surface area contributed by atoms with E-state index in [0.29, 0.717) is 16.4 Å². The van der Waals surface area contributed by atoms with Crippen LogP contribution < -0.4 is 9.62 Å². The molecule has 0 aromatic heterocycles. The third-order valence-electron chi connectivity index (χ3n) is 4.42. The first-order valence-corrected chi connectivity index (χ1v) is 10.8. The quantitative estimate of drug-likeness (QED) is 0.798. The molecule has 146 valence electrons. The van der Waals surface area contributed by atoms with Crippen LogP contribution in [0.25, 0.3) is 0 Å². The van der Waals surface area contributed by atoms with Gasteiger partial charge in [-0.2, -0.15) is 0 Å². The van der Waals surface area contributed by atoms with Crippen molar-refractivity contribution in [2.75, 3.05) is 15.9 Å². The number of nitrogens with zero attached hydrogens (tertiary/aromatic N) is 1. The minimum atomic E-state index is -3.70. The van der Waals surface area contributed by atoms with E-state index in [-0.39, 0.29) is 0 Å². The summed E-state index contributed by atoms with van der Waals surface area (Å²) in [4.78, 5) is 12.9. The molecule has 1 unspecified atom stereocenters. The van der Waals surface area contributed by atoms with Crippen molar-refractivity contribution in [3.63, 3.8) is 0 Å². The zero-order valence-corrected chi connectivity index (χ0v) is 18.0. The van der Waals surface area contributed by atoms with Gasteiger partial charge in [-0.3, -0.25) is 9.10 Å². The van der Waals surface area contributed by atoms with E-state index in [1.54, 1.807) is 25.1 Å². The maximum absolute atomic E-state index is 12.9. The van der Waals surface area contributed by atoms with Crippen LogP contribution in [0.1, 0.15) is 29.2 Å². The largest absolute Gasteiger partial charge is 0.324 e. The summed E-state index contributed by atoms with van der Waals surface area (Å²) in [5.74, 6) is -0.410. The molecule has 1 N–H and O–H groups in total. The molecule has 5 nitrogen and oxygen atoms in total. The first kappa shape index (κ1) is 21.3. The summed E-state index contributed by atoms with van der Waals surface area (Å²) in [5, 5.41) is 3.32. The van der Waals surface area contributed by atoms with Crippen LogP contribution in [0.4, 0.5) is 11.4 Å². The Morgan fingerprint density at radius 1 is 1.04 bits per heavy atom. The highest BCUT2D eigenvalue weighted by Gasteiger charge is 2.30. The number of benzene rings is 2. The van der Waals surface area contributed by atoms with Crippen LogP contribution in [0.15, 0.2) is 30.3 Å². The second-order valence-electron chi connectivity index (χ2n) is 6.93. The molecular formula is C20H25ClN2O3S. The molecule has 0 aliphatic heterocycles. The lowest BCUT2D eigenvalue weighted by Crippen LogP contribution is -2.45. The first-order chi connectivity index (χ1) is 12.4. The van der Waals surface area contributed by atoms with E-state index < -0.39 is 22.0 Å². The second kappa shape index (κ2) is 7.90. The topological polar surface area (TPSA) is 66.5 Å². The number of carbonyl (C=O) groups excluding carboxylic acids is 1. The van der Waals surface area contributed by atoms with Gasteiger partial charge in [-0.1, -0.05) is 35.4 Å². The maximum atomic E-state index is 12.9. The van der Waals surface area contributed by atoms with Gasteiger partial charge >= 0.3 is 0 Å². The number of halogens is 1. The monoisotopic (exact) mass is 408 g/mol. The van der Waals surface area contributed by atoms with E-state index in [1.165, 1.54) is 0 Å². The minimum absolute atomic E-state index is 0.355. The highest BCUT2D eigenvalue weighted by Crippen LogP contribution is 2.28. The van der Waals surface area contributed by atoms with E-state index in [1.807, 2.05) is 39.8 Å². The van der Waals surface area contributed by atoms with Gasteiger partial charge in [0.05, 0.1) is 11.9 Å². The number of rotatable bonds is 5. The number of carbonyl (C=O) groups is 1. The van der Waals surface area contributed by atoms with Crippen molar-refractivity contribution in [3.05, 3.63) is 57.6 Å². The van der Waals surface area contributed by atoms with Gasteiger partial charge in [-0.15, -0.1) is 0 Å². The van der Waals surface area contributed by atoms with Crippen molar-refractivity contribution in [1.29, 1.82) is 0 Å². The SMILES string of the molecule is Cc1cc(C)c(NC(=O)C(C)N(c2ccc(C)c(Cl)c2)S(C)(=O)=O)c(C)c1. The summed E-state index contributed by atoms with van der Waals surface area (Å²) >= 11 is 6.16. The zero-order valence-electron chi connectivity index (χ0n) is 16.4. The summed E-state index contributed by atoms with van der Waals surface area (Å²) in [6.45, 7) is 9.20. The van der Waals surface area contributed by atoms with E-state index in [9.17, 15) is 13.2 Å². The summed E-state index contributed by atoms with van der Waals surface area (Å²) in [6, 6.07) is 7.94. The van der Waals surface area contributed by atoms with Crippen molar-refractivity contribution in [1.82, 2.24) is 0 Å². The highest BCUT2D eigenvalue weighted by molar-refractivity contribution is 7.92. The predicted octanol–water partition coefficient (Wildman–Crippen LogP) is 4.37. The molecule has 0 spiro atoms. The molecule has 0 aliphatic carbocycles. The van der Waals surface area contributed by atoms with Crippen LogP contribution in [0.3, 0.4) is 0 Å². The van der Waals surface area contributed by atoms with Crippen molar-refractivity contribution >= 4 is 38.9 Å². The Bertz CT molecular complexity index is 964. The van der Waals surface area contributed by atoms with Crippen molar-refractivity contribution < 1.29 is 13.2 Å². The molecule has 2 aromatic carbocycles. The van der Waals surface area contributed by atoms with Crippen molar-refractivity contribution in [2.45, 2.75) is 40.7 Å². The fourth-order valence-electron chi connectivity index (χ4n) is 3.13. The van der Waals surface area contributed by atoms with Gasteiger partial charge in [0, 0.05) is 10.7 Å². The first-order valence-electron chi connectivity index (χ1n) is 8.56. The van der Waals surface area contributed by atoms with E-state index in [4.69, 9.17) is 11.6 Å². The number of hydrogen-bond donors (Lipinski definition) is 1. The highest BCUT2D eigenvalue weighted by atomic mass is 35.5. The lowest BCUT2D eigenvalue weighted by molar-refractivity contribution is -0.116. The molecule has 0 fully saturated rings. The Hall–Kier alpha value is -2.05. The molecule has 0 saturated carbocycles. The van der Waals surface area contributed by atoms with E-state index in [2.05, 4.69) is 5.32 Å². The number of nitrogens with one attached hydrogen (secondary N) is 1. The number of anilines is 2. The molecule has 0 bridgehead atoms. The minimum Gasteiger partial charge on any atom is -0.324 e. The third kappa shape index (κ3) is 4.82. The van der Waals surface area contributed by atoms with Crippen LogP contribution in [-0.2, 0) is 14.8 Å². The Morgan fingerprint density at radius 2 is 1.59 bits per heavy atom. The molecule has 2 aromatic rings. The van der Waals surface area contributed by atoms with Gasteiger partial charge in [-0.25, -0.2) is 8.42 Å². The van der Waals surface area contributed by atoms with Crippen LogP contribution in [0.2, 0.25) is 5.02 Å². The van der Waals surface area contributed by atoms with Gasteiger partial charge in [0.1, 0.15) is 6.04 Å². The predicted molar refractivity (Wildman–Crippen MR) is 112 cm³/mol. The van der Waals surface area contributed by atoms with Gasteiger partial charge in [-0.05, 0) is 63.4 Å². The second-order valence-corrected chi connectivity index (χ2v) is 9.20. The summed E-state index contributed by atoms with van der Waals surface area (Å²) < 4.78 is 25.9. The Labute approximate surface area is 166 Å². The summed E-state index contributed by atoms with van der Waals surface area (Å²) in [5.41, 5.74) is 4.84. The Morgan fingerprint density at radius 3 is 2.07 bits per heavy atom. The lowest BCUT2D eigenvalue weighted by atomic mass is 10.0. The third-order valence-corrected chi connectivity index (χ3v) is 6.07. The smallest absolute Gasteiger partial charge is 0.248 e. The molecule has 2 rings (SSSR count). The van der Waals surface area contributed by atoms with Gasteiger partial charge < -0.3 is 5.32 Å². The molecule has 0 heterocycles. The lowest BCUT2D eigenvalue weighted by Gasteiger charge is -2.29. The molecule has 1 amide bonds. The average Bonchev–Trinajstić information content (AvgIpc) is 2.52. The fourth-order valence-corrected chi connectivity index (χ4v) is 4.47. The number of aryl methyl sites for hydroxylation is 4. The maximum Gasteiger partial charge on any atom is 0.248 e. The number of sulfonamides is 1. The fraction of sp³-hybridized carbons (Fsp3) is 0.350. The van der Waals surface area contributed by atoms with Gasteiger partial charge in [0.25, 0.3) is 0 Å². The Balaban J connectivity index is 2.40. The van der Waals surface area contributed by atoms with Crippen LogP contribution in [0.5, 0.6) is 0 Å². The van der Waals surface area contributed by atoms with E-state index in [0.717, 1.165) is 32.8 Å². The molecule has 0 aliphatic rings. The van der Waals surface area contributed by atoms with Crippen molar-refractivity contribution in [2.24, 2.45) is 0 Å². The van der Waals surface area contributed by atoms with Crippen LogP contribution in [-0.4, -0.2) is 26.6 Å². The summed E-state index contributed by atoms with van der Waals surface area (Å²) in [6.07, 6.45) is 1.08. The molecular weight excluding hydrogens is 384 g/mol. The van der Waals surface area contributed by atoms with Crippen molar-refractivity contribution in [3.8, 4) is 0 Å². The van der Waals surface area contributed by atoms with Gasteiger partial charge in [0.15, 0.2) is 0 Å². The number of hydrogen-bond acceptors (Lipinski definition) is 3. The Kier molecular flexibility index (Phi) is 6.22. The van der Waals surface area contributed by atoms with Crippen LogP contribution in [0, 0.1) is 27.7 Å². The number of amides is 1. The molecule has 0 saturated heterocycles.